The lowest BCUT2D eigenvalue weighted by Gasteiger charge is -2.01. The first-order valence-electron chi connectivity index (χ1n) is 5.70. The van der Waals surface area contributed by atoms with E-state index in [-0.39, 0.29) is 21.4 Å². The lowest BCUT2D eigenvalue weighted by atomic mass is 10.5. The van der Waals surface area contributed by atoms with Crippen molar-refractivity contribution >= 4 is 43.4 Å². The van der Waals surface area contributed by atoms with Crippen molar-refractivity contribution in [1.29, 1.82) is 0 Å². The van der Waals surface area contributed by atoms with E-state index in [0.29, 0.717) is 5.01 Å². The summed E-state index contributed by atoms with van der Waals surface area (Å²) in [6.07, 6.45) is 0. The molecule has 0 bridgehead atoms. The maximum absolute atomic E-state index is 12.1. The Balaban J connectivity index is 2.21. The van der Waals surface area contributed by atoms with Crippen LogP contribution in [0.4, 0.5) is 10.7 Å². The fourth-order valence-corrected chi connectivity index (χ4v) is 4.63. The average Bonchev–Trinajstić information content (AvgIpc) is 3.02. The molecule has 11 heteroatoms. The van der Waals surface area contributed by atoms with Gasteiger partial charge in [-0.3, -0.25) is 10.1 Å². The molecule has 0 amide bonds. The Bertz CT molecular complexity index is 765. The molecule has 21 heavy (non-hydrogen) atoms. The second-order valence-electron chi connectivity index (χ2n) is 3.99. The molecule has 0 saturated carbocycles. The summed E-state index contributed by atoms with van der Waals surface area (Å²) in [6, 6.07) is 1.05. The number of anilines is 1. The van der Waals surface area contributed by atoms with Crippen LogP contribution in [0.5, 0.6) is 0 Å². The lowest BCUT2D eigenvalue weighted by molar-refractivity contribution is -0.383. The minimum atomic E-state index is -3.80. The number of aromatic nitrogens is 1. The standard InChI is InChI=1S/C10H12N4O4S3/c1-6-5-19-8(13-6)4-12-21(17,18)9-3-7(14(15)16)10(11-2)20-9/h3,5,11-12H,4H2,1-2H3. The third-order valence-corrected chi connectivity index (χ3v) is 6.44. The summed E-state index contributed by atoms with van der Waals surface area (Å²) in [5.74, 6) is 0. The maximum Gasteiger partial charge on any atom is 0.304 e. The normalized spacial score (nSPS) is 11.5. The van der Waals surface area contributed by atoms with Gasteiger partial charge in [0, 0.05) is 24.2 Å². The Morgan fingerprint density at radius 1 is 1.48 bits per heavy atom. The molecule has 2 aromatic rings. The van der Waals surface area contributed by atoms with Crippen molar-refractivity contribution in [2.45, 2.75) is 17.7 Å². The molecule has 2 heterocycles. The van der Waals surface area contributed by atoms with Crippen molar-refractivity contribution in [3.05, 3.63) is 32.3 Å². The van der Waals surface area contributed by atoms with E-state index < -0.39 is 14.9 Å². The van der Waals surface area contributed by atoms with E-state index in [9.17, 15) is 18.5 Å². The zero-order valence-corrected chi connectivity index (χ0v) is 13.6. The number of rotatable bonds is 6. The number of hydrogen-bond donors (Lipinski definition) is 2. The number of hydrogen-bond acceptors (Lipinski definition) is 8. The largest absolute Gasteiger partial charge is 0.374 e. The number of nitrogens with one attached hydrogen (secondary N) is 2. The van der Waals surface area contributed by atoms with Crippen LogP contribution in [0.2, 0.25) is 0 Å². The number of nitrogens with zero attached hydrogens (tertiary/aromatic N) is 2. The summed E-state index contributed by atoms with van der Waals surface area (Å²) in [6.45, 7) is 1.87. The van der Waals surface area contributed by atoms with E-state index in [1.165, 1.54) is 18.4 Å². The molecule has 2 N–H and O–H groups in total. The first-order valence-corrected chi connectivity index (χ1v) is 8.88. The van der Waals surface area contributed by atoms with Crippen LogP contribution in [-0.2, 0) is 16.6 Å². The Kier molecular flexibility index (Phi) is 4.56. The van der Waals surface area contributed by atoms with Crippen molar-refractivity contribution in [2.24, 2.45) is 0 Å². The highest BCUT2D eigenvalue weighted by Gasteiger charge is 2.25. The van der Waals surface area contributed by atoms with Gasteiger partial charge in [0.1, 0.15) is 9.22 Å². The average molecular weight is 348 g/mol. The quantitative estimate of drug-likeness (QED) is 0.609. The molecule has 0 aromatic carbocycles. The Hall–Kier alpha value is -1.56. The van der Waals surface area contributed by atoms with Gasteiger partial charge in [0.25, 0.3) is 10.0 Å². The Morgan fingerprint density at radius 3 is 2.67 bits per heavy atom. The molecule has 0 aliphatic carbocycles. The number of thiazole rings is 1. The molecule has 8 nitrogen and oxygen atoms in total. The van der Waals surface area contributed by atoms with Gasteiger partial charge in [0.05, 0.1) is 11.5 Å². The van der Waals surface area contributed by atoms with E-state index >= 15 is 0 Å². The van der Waals surface area contributed by atoms with Crippen LogP contribution in [0.15, 0.2) is 15.7 Å². The lowest BCUT2D eigenvalue weighted by Crippen LogP contribution is -2.22. The van der Waals surface area contributed by atoms with Crippen LogP contribution in [0.3, 0.4) is 0 Å². The van der Waals surface area contributed by atoms with Crippen LogP contribution in [0, 0.1) is 17.0 Å². The number of aryl methyl sites for hydroxylation is 1. The molecule has 0 fully saturated rings. The third kappa shape index (κ3) is 3.56. The summed E-state index contributed by atoms with van der Waals surface area (Å²) in [4.78, 5) is 14.4. The van der Waals surface area contributed by atoms with Gasteiger partial charge in [0.2, 0.25) is 0 Å². The molecule has 0 unspecified atom stereocenters. The van der Waals surface area contributed by atoms with Gasteiger partial charge in [-0.2, -0.15) is 0 Å². The highest BCUT2D eigenvalue weighted by molar-refractivity contribution is 7.91. The van der Waals surface area contributed by atoms with Crippen LogP contribution < -0.4 is 10.0 Å². The summed E-state index contributed by atoms with van der Waals surface area (Å²) in [7, 11) is -2.30. The summed E-state index contributed by atoms with van der Waals surface area (Å²) in [5.41, 5.74) is 0.561. The van der Waals surface area contributed by atoms with E-state index in [0.717, 1.165) is 23.1 Å². The van der Waals surface area contributed by atoms with Crippen molar-refractivity contribution in [2.75, 3.05) is 12.4 Å². The molecule has 0 atom stereocenters. The molecule has 0 saturated heterocycles. The number of sulfonamides is 1. The monoisotopic (exact) mass is 348 g/mol. The Labute approximate surface area is 129 Å². The second kappa shape index (κ2) is 6.05. The fourth-order valence-electron chi connectivity index (χ4n) is 1.52. The molecule has 2 aromatic heterocycles. The van der Waals surface area contributed by atoms with Crippen molar-refractivity contribution in [3.63, 3.8) is 0 Å². The van der Waals surface area contributed by atoms with Crippen molar-refractivity contribution in [1.82, 2.24) is 9.71 Å². The zero-order valence-electron chi connectivity index (χ0n) is 11.1. The molecule has 2 rings (SSSR count). The first kappa shape index (κ1) is 15.8. The summed E-state index contributed by atoms with van der Waals surface area (Å²) in [5, 5.41) is 16.1. The Morgan fingerprint density at radius 2 is 2.19 bits per heavy atom. The minimum absolute atomic E-state index is 0.0570. The highest BCUT2D eigenvalue weighted by Crippen LogP contribution is 2.36. The molecule has 114 valence electrons. The van der Waals surface area contributed by atoms with Gasteiger partial charge in [-0.25, -0.2) is 18.1 Å². The zero-order chi connectivity index (χ0) is 15.6. The maximum atomic E-state index is 12.1. The van der Waals surface area contributed by atoms with Crippen LogP contribution in [-0.4, -0.2) is 25.4 Å². The smallest absolute Gasteiger partial charge is 0.304 e. The molecule has 0 aliphatic rings. The van der Waals surface area contributed by atoms with Crippen LogP contribution in [0.1, 0.15) is 10.7 Å². The van der Waals surface area contributed by atoms with Crippen LogP contribution in [0.25, 0.3) is 0 Å². The number of thiophene rings is 1. The molecule has 0 aliphatic heterocycles. The second-order valence-corrected chi connectivity index (χ2v) is 7.98. The predicted molar refractivity (Wildman–Crippen MR) is 81.4 cm³/mol. The van der Waals surface area contributed by atoms with Crippen molar-refractivity contribution < 1.29 is 13.3 Å². The highest BCUT2D eigenvalue weighted by atomic mass is 32.2. The third-order valence-electron chi connectivity index (χ3n) is 2.46. The fraction of sp³-hybridized carbons (Fsp3) is 0.300. The van der Waals surface area contributed by atoms with Gasteiger partial charge in [0.15, 0.2) is 5.00 Å². The topological polar surface area (TPSA) is 114 Å². The van der Waals surface area contributed by atoms with Crippen molar-refractivity contribution in [3.8, 4) is 0 Å². The minimum Gasteiger partial charge on any atom is -0.374 e. The SMILES string of the molecule is CNc1sc(S(=O)(=O)NCc2nc(C)cs2)cc1[N+](=O)[O-]. The van der Waals surface area contributed by atoms with E-state index in [1.807, 2.05) is 12.3 Å². The first-order chi connectivity index (χ1) is 9.83. The van der Waals surface area contributed by atoms with Gasteiger partial charge in [-0.05, 0) is 6.92 Å². The molecular weight excluding hydrogens is 336 g/mol. The van der Waals surface area contributed by atoms with Crippen LogP contribution >= 0.6 is 22.7 Å². The predicted octanol–water partition coefficient (Wildman–Crippen LogP) is 1.94. The van der Waals surface area contributed by atoms with Gasteiger partial charge < -0.3 is 5.32 Å². The molecule has 0 radical (unpaired) electrons. The summed E-state index contributed by atoms with van der Waals surface area (Å²) < 4.78 is 26.6. The molecule has 0 spiro atoms. The van der Waals surface area contributed by atoms with Gasteiger partial charge >= 0.3 is 5.69 Å². The van der Waals surface area contributed by atoms with Gasteiger partial charge in [-0.15, -0.1) is 11.3 Å². The van der Waals surface area contributed by atoms with E-state index in [2.05, 4.69) is 15.0 Å². The van der Waals surface area contributed by atoms with E-state index in [4.69, 9.17) is 0 Å². The van der Waals surface area contributed by atoms with Gasteiger partial charge in [-0.1, -0.05) is 11.3 Å². The summed E-state index contributed by atoms with van der Waals surface area (Å²) >= 11 is 2.16. The number of nitro groups is 1. The molecular formula is C10H12N4O4S3. The van der Waals surface area contributed by atoms with E-state index in [1.54, 1.807) is 0 Å².